The Hall–Kier alpha value is -2.90. The highest BCUT2D eigenvalue weighted by molar-refractivity contribution is 7.09. The number of benzene rings is 2. The third-order valence-electron chi connectivity index (χ3n) is 6.89. The molecule has 0 atom stereocenters. The average Bonchev–Trinajstić information content (AvgIpc) is 3.37. The van der Waals surface area contributed by atoms with E-state index in [0.29, 0.717) is 18.2 Å². The maximum absolute atomic E-state index is 13.0. The van der Waals surface area contributed by atoms with E-state index in [1.807, 2.05) is 22.4 Å². The first-order valence-corrected chi connectivity index (χ1v) is 13.6. The molecule has 3 aromatic rings. The summed E-state index contributed by atoms with van der Waals surface area (Å²) in [6.07, 6.45) is 3.02. The molecule has 1 aromatic heterocycles. The van der Waals surface area contributed by atoms with Gasteiger partial charge in [-0.25, -0.2) is 4.98 Å². The lowest BCUT2D eigenvalue weighted by molar-refractivity contribution is 0.0691. The topological polar surface area (TPSA) is 54.9 Å². The molecule has 1 saturated heterocycles. The molecular weight excluding hydrogens is 470 g/mol. The lowest BCUT2D eigenvalue weighted by Gasteiger charge is -2.29. The van der Waals surface area contributed by atoms with E-state index in [2.05, 4.69) is 49.1 Å². The van der Waals surface area contributed by atoms with Gasteiger partial charge in [0.25, 0.3) is 5.91 Å². The Morgan fingerprint density at radius 3 is 2.42 bits per heavy atom. The first-order chi connectivity index (χ1) is 17.4. The second kappa shape index (κ2) is 12.4. The fourth-order valence-electron chi connectivity index (χ4n) is 4.54. The predicted molar refractivity (Wildman–Crippen MR) is 145 cm³/mol. The van der Waals surface area contributed by atoms with Crippen molar-refractivity contribution in [3.8, 4) is 11.5 Å². The molecule has 7 heteroatoms. The predicted octanol–water partition coefficient (Wildman–Crippen LogP) is 5.59. The maximum Gasteiger partial charge on any atom is 0.273 e. The first-order valence-electron chi connectivity index (χ1n) is 12.7. The highest BCUT2D eigenvalue weighted by atomic mass is 32.1. The van der Waals surface area contributed by atoms with Crippen LogP contribution >= 0.6 is 11.3 Å². The van der Waals surface area contributed by atoms with Crippen molar-refractivity contribution in [1.82, 2.24) is 14.8 Å². The molecule has 1 fully saturated rings. The molecule has 0 unspecified atom stereocenters. The number of thiazole rings is 1. The molecule has 1 aliphatic heterocycles. The minimum absolute atomic E-state index is 0.0693. The zero-order chi connectivity index (χ0) is 25.5. The molecular formula is C29H37N3O3S. The summed E-state index contributed by atoms with van der Waals surface area (Å²) < 4.78 is 10.9. The molecule has 1 amide bonds. The van der Waals surface area contributed by atoms with E-state index < -0.39 is 0 Å². The van der Waals surface area contributed by atoms with Gasteiger partial charge in [0.05, 0.1) is 20.8 Å². The van der Waals surface area contributed by atoms with E-state index >= 15 is 0 Å². The fourth-order valence-corrected chi connectivity index (χ4v) is 5.35. The largest absolute Gasteiger partial charge is 0.493 e. The number of likely N-dealkylation sites (tertiary alicyclic amines) is 1. The van der Waals surface area contributed by atoms with Crippen molar-refractivity contribution in [2.45, 2.75) is 46.2 Å². The van der Waals surface area contributed by atoms with Crippen LogP contribution in [-0.4, -0.2) is 54.5 Å². The van der Waals surface area contributed by atoms with Crippen molar-refractivity contribution in [3.05, 3.63) is 75.2 Å². The normalized spacial score (nSPS) is 14.3. The smallest absolute Gasteiger partial charge is 0.273 e. The molecule has 0 N–H and O–H groups in total. The summed E-state index contributed by atoms with van der Waals surface area (Å²) in [7, 11) is 3.32. The summed E-state index contributed by atoms with van der Waals surface area (Å²) in [6, 6.07) is 14.8. The molecule has 4 rings (SSSR count). The zero-order valence-electron chi connectivity index (χ0n) is 21.8. The summed E-state index contributed by atoms with van der Waals surface area (Å²) in [5, 5.41) is 2.90. The Kier molecular flexibility index (Phi) is 8.99. The van der Waals surface area contributed by atoms with Gasteiger partial charge >= 0.3 is 0 Å². The standard InChI is InChI=1S/C29H37N3O3S/c1-21-5-7-24(8-6-21)18-31(14-13-23-9-10-26(34-3)27(17-23)35-4)19-28-30-25(20-36-28)29(33)32-15-11-22(2)12-16-32/h5-10,17,20,22H,11-16,18-19H2,1-4H3. The molecule has 2 aromatic carbocycles. The van der Waals surface area contributed by atoms with Gasteiger partial charge in [-0.3, -0.25) is 9.69 Å². The Balaban J connectivity index is 1.45. The molecule has 0 saturated carbocycles. The van der Waals surface area contributed by atoms with Crippen LogP contribution in [-0.2, 0) is 19.5 Å². The highest BCUT2D eigenvalue weighted by Crippen LogP contribution is 2.28. The van der Waals surface area contributed by atoms with Gasteiger partial charge in [-0.15, -0.1) is 11.3 Å². The Labute approximate surface area is 218 Å². The van der Waals surface area contributed by atoms with E-state index in [-0.39, 0.29) is 5.91 Å². The van der Waals surface area contributed by atoms with Crippen molar-refractivity contribution in [3.63, 3.8) is 0 Å². The van der Waals surface area contributed by atoms with Crippen LogP contribution in [0.2, 0.25) is 0 Å². The quantitative estimate of drug-likeness (QED) is 0.358. The molecule has 36 heavy (non-hydrogen) atoms. The van der Waals surface area contributed by atoms with E-state index in [4.69, 9.17) is 14.5 Å². The Bertz CT molecular complexity index is 1140. The number of ether oxygens (including phenoxy) is 2. The second-order valence-electron chi connectivity index (χ2n) is 9.74. The van der Waals surface area contributed by atoms with Gasteiger partial charge in [-0.05, 0) is 55.4 Å². The lowest BCUT2D eigenvalue weighted by atomic mass is 9.99. The van der Waals surface area contributed by atoms with E-state index in [1.54, 1.807) is 25.6 Å². The van der Waals surface area contributed by atoms with Crippen molar-refractivity contribution in [2.24, 2.45) is 5.92 Å². The number of methoxy groups -OCH3 is 2. The summed E-state index contributed by atoms with van der Waals surface area (Å²) in [4.78, 5) is 22.1. The second-order valence-corrected chi connectivity index (χ2v) is 10.7. The number of amides is 1. The minimum Gasteiger partial charge on any atom is -0.493 e. The number of rotatable bonds is 10. The van der Waals surface area contributed by atoms with Crippen LogP contribution in [0.25, 0.3) is 0 Å². The summed E-state index contributed by atoms with van der Waals surface area (Å²) in [5.41, 5.74) is 4.30. The van der Waals surface area contributed by atoms with Gasteiger partial charge in [0.15, 0.2) is 11.5 Å². The van der Waals surface area contributed by atoms with Gasteiger partial charge in [0, 0.05) is 31.6 Å². The maximum atomic E-state index is 13.0. The number of hydrogen-bond donors (Lipinski definition) is 0. The number of carbonyl (C=O) groups is 1. The van der Waals surface area contributed by atoms with Crippen molar-refractivity contribution in [2.75, 3.05) is 33.9 Å². The third kappa shape index (κ3) is 6.86. The zero-order valence-corrected chi connectivity index (χ0v) is 22.6. The van der Waals surface area contributed by atoms with Crippen LogP contribution in [0.15, 0.2) is 47.8 Å². The van der Waals surface area contributed by atoms with Crippen molar-refractivity contribution < 1.29 is 14.3 Å². The van der Waals surface area contributed by atoms with Gasteiger partial charge in [-0.1, -0.05) is 42.8 Å². The SMILES string of the molecule is COc1ccc(CCN(Cc2ccc(C)cc2)Cc2nc(C(=O)N3CCC(C)CC3)cs2)cc1OC. The van der Waals surface area contributed by atoms with E-state index in [1.165, 1.54) is 16.7 Å². The lowest BCUT2D eigenvalue weighted by Crippen LogP contribution is -2.38. The molecule has 0 spiro atoms. The number of carbonyl (C=O) groups excluding carboxylic acids is 1. The van der Waals surface area contributed by atoms with Crippen LogP contribution in [0, 0.1) is 12.8 Å². The first kappa shape index (κ1) is 26.2. The minimum atomic E-state index is 0.0693. The third-order valence-corrected chi connectivity index (χ3v) is 7.73. The fraction of sp³-hybridized carbons (Fsp3) is 0.448. The molecule has 0 bridgehead atoms. The highest BCUT2D eigenvalue weighted by Gasteiger charge is 2.23. The van der Waals surface area contributed by atoms with Crippen LogP contribution in [0.5, 0.6) is 11.5 Å². The van der Waals surface area contributed by atoms with Crippen molar-refractivity contribution >= 4 is 17.2 Å². The van der Waals surface area contributed by atoms with E-state index in [9.17, 15) is 4.79 Å². The number of piperidine rings is 1. The summed E-state index contributed by atoms with van der Waals surface area (Å²) >= 11 is 1.58. The molecule has 6 nitrogen and oxygen atoms in total. The van der Waals surface area contributed by atoms with Gasteiger partial charge in [0.1, 0.15) is 10.7 Å². The summed E-state index contributed by atoms with van der Waals surface area (Å²) in [6.45, 7) is 8.41. The van der Waals surface area contributed by atoms with Gasteiger partial charge in [0.2, 0.25) is 0 Å². The molecule has 2 heterocycles. The molecule has 0 aliphatic carbocycles. The average molecular weight is 508 g/mol. The van der Waals surface area contributed by atoms with Crippen LogP contribution in [0.3, 0.4) is 0 Å². The van der Waals surface area contributed by atoms with Crippen LogP contribution < -0.4 is 9.47 Å². The number of aryl methyl sites for hydroxylation is 1. The Morgan fingerprint density at radius 2 is 1.72 bits per heavy atom. The molecule has 1 aliphatic rings. The monoisotopic (exact) mass is 507 g/mol. The molecule has 192 valence electrons. The number of aromatic nitrogens is 1. The van der Waals surface area contributed by atoms with Crippen molar-refractivity contribution in [1.29, 1.82) is 0 Å². The molecule has 0 radical (unpaired) electrons. The number of hydrogen-bond acceptors (Lipinski definition) is 6. The van der Waals surface area contributed by atoms with Gasteiger partial charge in [-0.2, -0.15) is 0 Å². The Morgan fingerprint density at radius 1 is 1.03 bits per heavy atom. The van der Waals surface area contributed by atoms with Gasteiger partial charge < -0.3 is 14.4 Å². The van der Waals surface area contributed by atoms with Crippen LogP contribution in [0.1, 0.15) is 52.0 Å². The van der Waals surface area contributed by atoms with Crippen LogP contribution in [0.4, 0.5) is 0 Å². The van der Waals surface area contributed by atoms with E-state index in [0.717, 1.165) is 61.9 Å². The summed E-state index contributed by atoms with van der Waals surface area (Å²) in [5.74, 6) is 2.25. The number of nitrogens with zero attached hydrogens (tertiary/aromatic N) is 3.